The highest BCUT2D eigenvalue weighted by Gasteiger charge is 2.40. The van der Waals surface area contributed by atoms with Crippen LogP contribution in [0.3, 0.4) is 0 Å². The maximum absolute atomic E-state index is 4.17. The molecule has 0 aliphatic heterocycles. The Balaban J connectivity index is 2.03. The molecule has 2 nitrogen and oxygen atoms in total. The Morgan fingerprint density at radius 2 is 2.19 bits per heavy atom. The third kappa shape index (κ3) is 1.59. The average Bonchev–Trinajstić information content (AvgIpc) is 3.10. The molecule has 0 atom stereocenters. The molecule has 0 unspecified atom stereocenters. The second kappa shape index (κ2) is 3.56. The van der Waals surface area contributed by atoms with Crippen LogP contribution in [-0.2, 0) is 6.42 Å². The third-order valence-corrected chi connectivity index (χ3v) is 3.68. The molecule has 2 aromatic rings. The van der Waals surface area contributed by atoms with Gasteiger partial charge in [-0.25, -0.2) is 0 Å². The highest BCUT2D eigenvalue weighted by atomic mass is 15.0. The van der Waals surface area contributed by atoms with Gasteiger partial charge in [-0.15, -0.1) is 0 Å². The van der Waals surface area contributed by atoms with Gasteiger partial charge in [0, 0.05) is 23.3 Å². The summed E-state index contributed by atoms with van der Waals surface area (Å²) >= 11 is 0. The van der Waals surface area contributed by atoms with E-state index in [2.05, 4.69) is 41.6 Å². The minimum atomic E-state index is 0.373. The van der Waals surface area contributed by atoms with Crippen molar-refractivity contribution in [1.29, 1.82) is 0 Å². The van der Waals surface area contributed by atoms with E-state index >= 15 is 0 Å². The number of aromatic nitrogens is 1. The molecule has 1 heterocycles. The molecule has 16 heavy (non-hydrogen) atoms. The van der Waals surface area contributed by atoms with E-state index in [4.69, 9.17) is 0 Å². The fourth-order valence-electron chi connectivity index (χ4n) is 2.37. The van der Waals surface area contributed by atoms with E-state index in [9.17, 15) is 0 Å². The Kier molecular flexibility index (Phi) is 2.18. The van der Waals surface area contributed by atoms with Crippen molar-refractivity contribution in [2.75, 3.05) is 7.05 Å². The zero-order valence-corrected chi connectivity index (χ0v) is 9.53. The van der Waals surface area contributed by atoms with E-state index in [1.807, 2.05) is 12.4 Å². The molecule has 1 aromatic heterocycles. The van der Waals surface area contributed by atoms with Crippen LogP contribution in [0.1, 0.15) is 18.4 Å². The number of nitrogens with one attached hydrogen (secondary N) is 1. The van der Waals surface area contributed by atoms with Gasteiger partial charge >= 0.3 is 0 Å². The first-order chi connectivity index (χ1) is 7.83. The van der Waals surface area contributed by atoms with Crippen LogP contribution in [0.2, 0.25) is 0 Å². The minimum absolute atomic E-state index is 0.373. The van der Waals surface area contributed by atoms with Gasteiger partial charge in [0.15, 0.2) is 0 Å². The molecule has 1 aromatic carbocycles. The Labute approximate surface area is 95.7 Å². The van der Waals surface area contributed by atoms with Crippen molar-refractivity contribution in [2.45, 2.75) is 24.8 Å². The van der Waals surface area contributed by atoms with Crippen LogP contribution in [0.4, 0.5) is 0 Å². The Hall–Kier alpha value is -1.41. The van der Waals surface area contributed by atoms with Crippen LogP contribution in [0.25, 0.3) is 10.8 Å². The maximum atomic E-state index is 4.17. The summed E-state index contributed by atoms with van der Waals surface area (Å²) in [6, 6.07) is 8.62. The predicted octanol–water partition coefficient (Wildman–Crippen LogP) is 2.53. The first-order valence-electron chi connectivity index (χ1n) is 5.84. The lowest BCUT2D eigenvalue weighted by atomic mass is 9.99. The molecule has 0 amide bonds. The van der Waals surface area contributed by atoms with Crippen LogP contribution in [0.15, 0.2) is 36.7 Å². The van der Waals surface area contributed by atoms with Crippen molar-refractivity contribution in [3.63, 3.8) is 0 Å². The lowest BCUT2D eigenvalue weighted by molar-refractivity contribution is 0.550. The van der Waals surface area contributed by atoms with Gasteiger partial charge in [-0.3, -0.25) is 4.98 Å². The summed E-state index contributed by atoms with van der Waals surface area (Å²) in [6.45, 7) is 0. The summed E-state index contributed by atoms with van der Waals surface area (Å²) in [6.07, 6.45) is 7.54. The molecule has 0 bridgehead atoms. The first kappa shape index (κ1) is 9.79. The molecule has 1 N–H and O–H groups in total. The summed E-state index contributed by atoms with van der Waals surface area (Å²) in [5, 5.41) is 6.04. The smallest absolute Gasteiger partial charge is 0.0346 e. The van der Waals surface area contributed by atoms with Gasteiger partial charge in [0.1, 0.15) is 0 Å². The van der Waals surface area contributed by atoms with Gasteiger partial charge in [0.2, 0.25) is 0 Å². The summed E-state index contributed by atoms with van der Waals surface area (Å²) in [4.78, 5) is 4.17. The summed E-state index contributed by atoms with van der Waals surface area (Å²) in [5.41, 5.74) is 1.81. The van der Waals surface area contributed by atoms with Crippen molar-refractivity contribution in [2.24, 2.45) is 0 Å². The maximum Gasteiger partial charge on any atom is 0.0346 e. The molecule has 1 aliphatic carbocycles. The number of hydrogen-bond acceptors (Lipinski definition) is 2. The number of nitrogens with zero attached hydrogens (tertiary/aromatic N) is 1. The Morgan fingerprint density at radius 3 is 2.94 bits per heavy atom. The lowest BCUT2D eigenvalue weighted by Crippen LogP contribution is -2.29. The standard InChI is InChI=1S/C14H16N2/c1-15-14(6-7-14)9-11-3-2-4-12-10-16-8-5-13(11)12/h2-5,8,10,15H,6-7,9H2,1H3. The van der Waals surface area contributed by atoms with Crippen molar-refractivity contribution < 1.29 is 0 Å². The van der Waals surface area contributed by atoms with Gasteiger partial charge < -0.3 is 5.32 Å². The number of likely N-dealkylation sites (N-methyl/N-ethyl adjacent to an activating group) is 1. The molecule has 2 heteroatoms. The van der Waals surface area contributed by atoms with Gasteiger partial charge in [-0.05, 0) is 43.3 Å². The van der Waals surface area contributed by atoms with Gasteiger partial charge in [0.05, 0.1) is 0 Å². The number of rotatable bonds is 3. The average molecular weight is 212 g/mol. The monoisotopic (exact) mass is 212 g/mol. The first-order valence-corrected chi connectivity index (χ1v) is 5.84. The highest BCUT2D eigenvalue weighted by Crippen LogP contribution is 2.39. The Morgan fingerprint density at radius 1 is 1.31 bits per heavy atom. The zero-order chi connectivity index (χ0) is 11.0. The number of hydrogen-bond donors (Lipinski definition) is 1. The van der Waals surface area contributed by atoms with E-state index in [0.29, 0.717) is 5.54 Å². The fraction of sp³-hybridized carbons (Fsp3) is 0.357. The summed E-state index contributed by atoms with van der Waals surface area (Å²) < 4.78 is 0. The van der Waals surface area contributed by atoms with Crippen LogP contribution < -0.4 is 5.32 Å². The fourth-order valence-corrected chi connectivity index (χ4v) is 2.37. The Bertz CT molecular complexity index is 510. The molecule has 1 aliphatic rings. The number of benzene rings is 1. The van der Waals surface area contributed by atoms with Crippen molar-refractivity contribution >= 4 is 10.8 Å². The van der Waals surface area contributed by atoms with Gasteiger partial charge in [0.25, 0.3) is 0 Å². The largest absolute Gasteiger partial charge is 0.314 e. The predicted molar refractivity (Wildman–Crippen MR) is 66.5 cm³/mol. The van der Waals surface area contributed by atoms with E-state index in [0.717, 1.165) is 6.42 Å². The van der Waals surface area contributed by atoms with Gasteiger partial charge in [-0.1, -0.05) is 18.2 Å². The van der Waals surface area contributed by atoms with Crippen LogP contribution >= 0.6 is 0 Å². The highest BCUT2D eigenvalue weighted by molar-refractivity contribution is 5.84. The minimum Gasteiger partial charge on any atom is -0.314 e. The van der Waals surface area contributed by atoms with E-state index < -0.39 is 0 Å². The van der Waals surface area contributed by atoms with Crippen LogP contribution in [0.5, 0.6) is 0 Å². The van der Waals surface area contributed by atoms with Crippen molar-refractivity contribution in [3.05, 3.63) is 42.2 Å². The quantitative estimate of drug-likeness (QED) is 0.845. The van der Waals surface area contributed by atoms with Crippen LogP contribution in [-0.4, -0.2) is 17.6 Å². The van der Waals surface area contributed by atoms with Crippen molar-refractivity contribution in [1.82, 2.24) is 10.3 Å². The molecule has 82 valence electrons. The molecule has 0 radical (unpaired) electrons. The lowest BCUT2D eigenvalue weighted by Gasteiger charge is -2.15. The van der Waals surface area contributed by atoms with Crippen LogP contribution in [0, 0.1) is 0 Å². The SMILES string of the molecule is CNC1(Cc2cccc3cnccc23)CC1. The van der Waals surface area contributed by atoms with Gasteiger partial charge in [-0.2, -0.15) is 0 Å². The summed E-state index contributed by atoms with van der Waals surface area (Å²) in [7, 11) is 2.07. The third-order valence-electron chi connectivity index (χ3n) is 3.68. The summed E-state index contributed by atoms with van der Waals surface area (Å²) in [5.74, 6) is 0. The molecular weight excluding hydrogens is 196 g/mol. The second-order valence-electron chi connectivity index (χ2n) is 4.72. The van der Waals surface area contributed by atoms with E-state index in [-0.39, 0.29) is 0 Å². The topological polar surface area (TPSA) is 24.9 Å². The molecular formula is C14H16N2. The molecule has 1 fully saturated rings. The number of fused-ring (bicyclic) bond motifs is 1. The van der Waals surface area contributed by atoms with E-state index in [1.165, 1.54) is 29.2 Å². The molecule has 0 saturated heterocycles. The van der Waals surface area contributed by atoms with E-state index in [1.54, 1.807) is 0 Å². The number of pyridine rings is 1. The van der Waals surface area contributed by atoms with Crippen molar-refractivity contribution in [3.8, 4) is 0 Å². The molecule has 0 spiro atoms. The normalized spacial score (nSPS) is 17.6. The zero-order valence-electron chi connectivity index (χ0n) is 9.53. The second-order valence-corrected chi connectivity index (χ2v) is 4.72. The molecule has 1 saturated carbocycles. The molecule has 3 rings (SSSR count).